The molecule has 0 aromatic heterocycles. The summed E-state index contributed by atoms with van der Waals surface area (Å²) < 4.78 is 5.83. The Hall–Kier alpha value is -0.540. The van der Waals surface area contributed by atoms with Gasteiger partial charge in [-0.15, -0.1) is 0 Å². The zero-order chi connectivity index (χ0) is 14.6. The SMILES string of the molecule is CCCC[C@H](Br)[C@@]1(c2ccc(Cl)cc2)CCCC(=O)O1. The molecule has 0 saturated carbocycles. The molecule has 1 aromatic rings. The molecule has 2 atom stereocenters. The molecule has 20 heavy (non-hydrogen) atoms. The summed E-state index contributed by atoms with van der Waals surface area (Å²) in [5.41, 5.74) is 0.489. The molecule has 0 amide bonds. The van der Waals surface area contributed by atoms with Crippen molar-refractivity contribution in [3.63, 3.8) is 0 Å². The van der Waals surface area contributed by atoms with E-state index in [-0.39, 0.29) is 10.8 Å². The number of halogens is 2. The van der Waals surface area contributed by atoms with E-state index in [1.54, 1.807) is 0 Å². The molecule has 1 aliphatic rings. The first-order valence-electron chi connectivity index (χ1n) is 7.20. The number of alkyl halides is 1. The van der Waals surface area contributed by atoms with Crippen molar-refractivity contribution >= 4 is 33.5 Å². The van der Waals surface area contributed by atoms with Crippen LogP contribution in [-0.2, 0) is 15.1 Å². The fourth-order valence-corrected chi connectivity index (χ4v) is 3.79. The lowest BCUT2D eigenvalue weighted by Crippen LogP contribution is -2.43. The lowest BCUT2D eigenvalue weighted by atomic mass is 9.82. The lowest BCUT2D eigenvalue weighted by Gasteiger charge is -2.41. The average molecular weight is 360 g/mol. The van der Waals surface area contributed by atoms with Crippen LogP contribution in [0.1, 0.15) is 51.0 Å². The highest BCUT2D eigenvalue weighted by molar-refractivity contribution is 9.09. The topological polar surface area (TPSA) is 26.3 Å². The van der Waals surface area contributed by atoms with E-state index in [0.29, 0.717) is 11.4 Å². The summed E-state index contributed by atoms with van der Waals surface area (Å²) in [6.07, 6.45) is 5.49. The van der Waals surface area contributed by atoms with E-state index in [0.717, 1.165) is 37.7 Å². The van der Waals surface area contributed by atoms with E-state index in [1.165, 1.54) is 0 Å². The van der Waals surface area contributed by atoms with E-state index in [4.69, 9.17) is 16.3 Å². The molecule has 0 unspecified atom stereocenters. The second-order valence-electron chi connectivity index (χ2n) is 5.33. The minimum absolute atomic E-state index is 0.104. The van der Waals surface area contributed by atoms with Crippen LogP contribution in [0.5, 0.6) is 0 Å². The number of unbranched alkanes of at least 4 members (excludes halogenated alkanes) is 1. The van der Waals surface area contributed by atoms with Gasteiger partial charge >= 0.3 is 5.97 Å². The molecule has 0 spiro atoms. The van der Waals surface area contributed by atoms with Gasteiger partial charge in [-0.1, -0.05) is 59.4 Å². The molecule has 1 saturated heterocycles. The maximum absolute atomic E-state index is 11.8. The number of hydrogen-bond donors (Lipinski definition) is 0. The van der Waals surface area contributed by atoms with Crippen LogP contribution in [0.2, 0.25) is 5.02 Å². The minimum Gasteiger partial charge on any atom is -0.453 e. The fraction of sp³-hybridized carbons (Fsp3) is 0.562. The molecule has 1 aliphatic heterocycles. The molecular formula is C16H20BrClO2. The van der Waals surface area contributed by atoms with Gasteiger partial charge in [0.05, 0.1) is 4.83 Å². The summed E-state index contributed by atoms with van der Waals surface area (Å²) in [5.74, 6) is -0.104. The molecule has 0 aliphatic carbocycles. The molecule has 1 aromatic carbocycles. The zero-order valence-corrected chi connectivity index (χ0v) is 14.0. The number of hydrogen-bond acceptors (Lipinski definition) is 2. The Labute approximate surface area is 134 Å². The first kappa shape index (κ1) is 15.8. The number of ether oxygens (including phenoxy) is 1. The predicted molar refractivity (Wildman–Crippen MR) is 85.3 cm³/mol. The van der Waals surface area contributed by atoms with Gasteiger partial charge in [0.2, 0.25) is 0 Å². The Morgan fingerprint density at radius 2 is 2.10 bits per heavy atom. The van der Waals surface area contributed by atoms with E-state index < -0.39 is 5.60 Å². The minimum atomic E-state index is -0.547. The van der Waals surface area contributed by atoms with Crippen LogP contribution >= 0.6 is 27.5 Å². The van der Waals surface area contributed by atoms with E-state index in [9.17, 15) is 4.79 Å². The number of esters is 1. The Morgan fingerprint density at radius 1 is 1.40 bits per heavy atom. The van der Waals surface area contributed by atoms with Crippen molar-refractivity contribution < 1.29 is 9.53 Å². The summed E-state index contributed by atoms with van der Waals surface area (Å²) in [6, 6.07) is 7.67. The normalized spacial score (nSPS) is 24.2. The van der Waals surface area contributed by atoms with Gasteiger partial charge in [0.25, 0.3) is 0 Å². The van der Waals surface area contributed by atoms with Crippen molar-refractivity contribution in [2.45, 2.75) is 55.9 Å². The fourth-order valence-electron chi connectivity index (χ4n) is 2.75. The van der Waals surface area contributed by atoms with Gasteiger partial charge in [0, 0.05) is 11.4 Å². The molecule has 0 radical (unpaired) electrons. The standard InChI is InChI=1S/C16H20BrClO2/c1-2-3-5-14(17)16(11-4-6-15(19)20-16)12-7-9-13(18)10-8-12/h7-10,14H,2-6,11H2,1H3/t14-,16-/m0/s1. The third-order valence-electron chi connectivity index (χ3n) is 3.88. The molecule has 110 valence electrons. The smallest absolute Gasteiger partial charge is 0.306 e. The van der Waals surface area contributed by atoms with Crippen LogP contribution < -0.4 is 0 Å². The van der Waals surface area contributed by atoms with Crippen LogP contribution in [0.25, 0.3) is 0 Å². The highest BCUT2D eigenvalue weighted by Gasteiger charge is 2.44. The highest BCUT2D eigenvalue weighted by Crippen LogP contribution is 2.43. The zero-order valence-electron chi connectivity index (χ0n) is 11.7. The van der Waals surface area contributed by atoms with Crippen LogP contribution in [0.15, 0.2) is 24.3 Å². The summed E-state index contributed by atoms with van der Waals surface area (Å²) in [5, 5.41) is 0.700. The average Bonchev–Trinajstić information content (AvgIpc) is 2.45. The van der Waals surface area contributed by atoms with Crippen LogP contribution in [0.4, 0.5) is 0 Å². The second kappa shape index (κ2) is 6.95. The predicted octanol–water partition coefficient (Wildman–Crippen LogP) is 5.22. The van der Waals surface area contributed by atoms with Crippen molar-refractivity contribution in [3.8, 4) is 0 Å². The van der Waals surface area contributed by atoms with Gasteiger partial charge < -0.3 is 4.74 Å². The first-order chi connectivity index (χ1) is 9.58. The number of cyclic esters (lactones) is 1. The van der Waals surface area contributed by atoms with Crippen molar-refractivity contribution in [2.75, 3.05) is 0 Å². The molecule has 0 bridgehead atoms. The molecule has 1 heterocycles. The molecule has 2 nitrogen and oxygen atoms in total. The lowest BCUT2D eigenvalue weighted by molar-refractivity contribution is -0.169. The Balaban J connectivity index is 2.32. The Kier molecular flexibility index (Phi) is 5.50. The number of benzene rings is 1. The number of rotatable bonds is 5. The summed E-state index contributed by atoms with van der Waals surface area (Å²) in [7, 11) is 0. The van der Waals surface area contributed by atoms with Gasteiger partial charge in [-0.3, -0.25) is 4.79 Å². The maximum atomic E-state index is 11.8. The molecule has 2 rings (SSSR count). The van der Waals surface area contributed by atoms with Crippen molar-refractivity contribution in [3.05, 3.63) is 34.9 Å². The van der Waals surface area contributed by atoms with Crippen LogP contribution in [-0.4, -0.2) is 10.8 Å². The Bertz CT molecular complexity index is 460. The third-order valence-corrected chi connectivity index (χ3v) is 5.32. The monoisotopic (exact) mass is 358 g/mol. The Morgan fingerprint density at radius 3 is 2.70 bits per heavy atom. The van der Waals surface area contributed by atoms with Crippen LogP contribution in [0, 0.1) is 0 Å². The van der Waals surface area contributed by atoms with Gasteiger partial charge in [-0.25, -0.2) is 0 Å². The first-order valence-corrected chi connectivity index (χ1v) is 8.50. The molecule has 4 heteroatoms. The largest absolute Gasteiger partial charge is 0.453 e. The highest BCUT2D eigenvalue weighted by atomic mass is 79.9. The number of carbonyl (C=O) groups excluding carboxylic acids is 1. The van der Waals surface area contributed by atoms with E-state index >= 15 is 0 Å². The van der Waals surface area contributed by atoms with Crippen molar-refractivity contribution in [1.82, 2.24) is 0 Å². The summed E-state index contributed by atoms with van der Waals surface area (Å²) in [6.45, 7) is 2.17. The maximum Gasteiger partial charge on any atom is 0.306 e. The van der Waals surface area contributed by atoms with Crippen LogP contribution in [0.3, 0.4) is 0 Å². The van der Waals surface area contributed by atoms with Crippen molar-refractivity contribution in [2.24, 2.45) is 0 Å². The summed E-state index contributed by atoms with van der Waals surface area (Å²) in [4.78, 5) is 12.0. The van der Waals surface area contributed by atoms with Gasteiger partial charge in [-0.05, 0) is 37.0 Å². The molecule has 0 N–H and O–H groups in total. The number of carbonyl (C=O) groups is 1. The van der Waals surface area contributed by atoms with E-state index in [2.05, 4.69) is 22.9 Å². The van der Waals surface area contributed by atoms with Crippen molar-refractivity contribution in [1.29, 1.82) is 0 Å². The third kappa shape index (κ3) is 3.37. The van der Waals surface area contributed by atoms with Gasteiger partial charge in [-0.2, -0.15) is 0 Å². The quantitative estimate of drug-likeness (QED) is 0.532. The van der Waals surface area contributed by atoms with Gasteiger partial charge in [0.15, 0.2) is 0 Å². The van der Waals surface area contributed by atoms with E-state index in [1.807, 2.05) is 24.3 Å². The molecular weight excluding hydrogens is 340 g/mol. The molecule has 1 fully saturated rings. The second-order valence-corrected chi connectivity index (χ2v) is 6.88. The van der Waals surface area contributed by atoms with Gasteiger partial charge in [0.1, 0.15) is 5.60 Å². The summed E-state index contributed by atoms with van der Waals surface area (Å²) >= 11 is 9.74.